The third-order valence-electron chi connectivity index (χ3n) is 7.68. The lowest BCUT2D eigenvalue weighted by Gasteiger charge is -2.13. The number of carbonyl (C=O) groups excluding carboxylic acids is 1. The van der Waals surface area contributed by atoms with Crippen molar-refractivity contribution >= 4 is 25.8 Å². The summed E-state index contributed by atoms with van der Waals surface area (Å²) in [5.74, 6) is -0.626. The maximum Gasteiger partial charge on any atom is 0.418 e. The van der Waals surface area contributed by atoms with Gasteiger partial charge in [-0.2, -0.15) is 17.9 Å². The Balaban J connectivity index is 1.43. The van der Waals surface area contributed by atoms with E-state index in [1.165, 1.54) is 59.2 Å². The van der Waals surface area contributed by atoms with E-state index in [-0.39, 0.29) is 33.2 Å². The Morgan fingerprint density at radius 1 is 0.857 bits per heavy atom. The van der Waals surface area contributed by atoms with Gasteiger partial charge in [0.1, 0.15) is 5.82 Å². The van der Waals surface area contributed by atoms with E-state index < -0.39 is 43.2 Å². The highest BCUT2D eigenvalue weighted by molar-refractivity contribution is 7.90. The number of sulfonamides is 1. The molecule has 0 bridgehead atoms. The molecule has 1 heterocycles. The van der Waals surface area contributed by atoms with Crippen LogP contribution in [0.3, 0.4) is 0 Å². The van der Waals surface area contributed by atoms with Crippen LogP contribution in [0, 0.1) is 0 Å². The van der Waals surface area contributed by atoms with Crippen molar-refractivity contribution in [2.24, 2.45) is 0 Å². The summed E-state index contributed by atoms with van der Waals surface area (Å²) in [5, 5.41) is 4.29. The van der Waals surface area contributed by atoms with Crippen LogP contribution in [0.4, 0.5) is 13.2 Å². The molecule has 0 saturated heterocycles. The Labute approximate surface area is 280 Å². The van der Waals surface area contributed by atoms with Crippen LogP contribution in [0.1, 0.15) is 47.1 Å². The van der Waals surface area contributed by atoms with Crippen LogP contribution < -0.4 is 10.4 Å². The molecule has 0 spiro atoms. The summed E-state index contributed by atoms with van der Waals surface area (Å²) < 4.78 is 95.6. The minimum absolute atomic E-state index is 0.000467. The molecule has 0 aliphatic heterocycles. The van der Waals surface area contributed by atoms with Crippen LogP contribution in [0.2, 0.25) is 0 Å². The number of nitrogens with zero attached hydrogens (tertiary/aromatic N) is 3. The number of hydrogen-bond acceptors (Lipinski definition) is 7. The minimum atomic E-state index is -4.70. The molecule has 0 saturated carbocycles. The number of carbonyl (C=O) groups is 1. The van der Waals surface area contributed by atoms with Crippen molar-refractivity contribution in [2.45, 2.75) is 48.7 Å². The smallest absolute Gasteiger partial charge is 0.274 e. The number of hydrogen-bond donors (Lipinski definition) is 1. The van der Waals surface area contributed by atoms with Gasteiger partial charge in [0.15, 0.2) is 9.84 Å². The maximum atomic E-state index is 13.8. The number of para-hydroxylation sites is 1. The van der Waals surface area contributed by atoms with E-state index in [4.69, 9.17) is 0 Å². The zero-order valence-corrected chi connectivity index (χ0v) is 27.9. The van der Waals surface area contributed by atoms with Crippen molar-refractivity contribution in [3.05, 3.63) is 130 Å². The molecule has 0 aliphatic carbocycles. The second-order valence-corrected chi connectivity index (χ2v) is 14.9. The van der Waals surface area contributed by atoms with Gasteiger partial charge in [-0.3, -0.25) is 9.36 Å². The number of benzene rings is 4. The maximum absolute atomic E-state index is 13.8. The first-order valence-corrected chi connectivity index (χ1v) is 18.4. The summed E-state index contributed by atoms with van der Waals surface area (Å²) in [7, 11) is -7.91. The Hall–Kier alpha value is -5.02. The molecule has 0 unspecified atom stereocenters. The zero-order chi connectivity index (χ0) is 35.6. The summed E-state index contributed by atoms with van der Waals surface area (Å²) in [6, 6.07) is 22.2. The highest BCUT2D eigenvalue weighted by atomic mass is 32.2. The Morgan fingerprint density at radius 2 is 1.49 bits per heavy atom. The van der Waals surface area contributed by atoms with Gasteiger partial charge in [-0.15, -0.1) is 5.10 Å². The molecule has 5 rings (SSSR count). The normalized spacial score (nSPS) is 12.2. The predicted molar refractivity (Wildman–Crippen MR) is 177 cm³/mol. The van der Waals surface area contributed by atoms with Gasteiger partial charge < -0.3 is 0 Å². The van der Waals surface area contributed by atoms with Crippen molar-refractivity contribution in [1.29, 1.82) is 0 Å². The minimum Gasteiger partial charge on any atom is -0.274 e. The van der Waals surface area contributed by atoms with E-state index in [9.17, 15) is 39.6 Å². The van der Waals surface area contributed by atoms with Crippen molar-refractivity contribution in [1.82, 2.24) is 19.1 Å². The van der Waals surface area contributed by atoms with E-state index in [0.717, 1.165) is 23.4 Å². The van der Waals surface area contributed by atoms with E-state index in [0.29, 0.717) is 29.8 Å². The molecule has 49 heavy (non-hydrogen) atoms. The Bertz CT molecular complexity index is 2280. The standard InChI is InChI=1S/C34H31F3N4O6S2/c1-3-4-13-31-38-41(29-11-7-6-10-28(29)34(35,36)37)33(43)40(31)22-23-14-16-24(17-15-23)27-9-5-8-12-30(27)49(46,47)39-32(42)25-18-20-26(21-19-25)48(2,44)45/h5-12,14-21H,3-4,13,22H2,1-2H3,(H,39,42). The zero-order valence-electron chi connectivity index (χ0n) is 26.3. The summed E-state index contributed by atoms with van der Waals surface area (Å²) in [6.07, 6.45) is -1.89. The lowest BCUT2D eigenvalue weighted by Crippen LogP contribution is -2.31. The van der Waals surface area contributed by atoms with Gasteiger partial charge in [-0.05, 0) is 60.0 Å². The first-order chi connectivity index (χ1) is 23.1. The van der Waals surface area contributed by atoms with Crippen LogP contribution in [0.5, 0.6) is 0 Å². The number of rotatable bonds is 11. The van der Waals surface area contributed by atoms with Crippen molar-refractivity contribution in [2.75, 3.05) is 6.26 Å². The van der Waals surface area contributed by atoms with Gasteiger partial charge in [-0.1, -0.05) is 67.9 Å². The van der Waals surface area contributed by atoms with Crippen molar-refractivity contribution in [3.8, 4) is 16.8 Å². The van der Waals surface area contributed by atoms with Crippen LogP contribution in [0.15, 0.2) is 112 Å². The molecule has 4 aromatic carbocycles. The van der Waals surface area contributed by atoms with E-state index in [2.05, 4.69) is 5.10 Å². The third kappa shape index (κ3) is 7.84. The first kappa shape index (κ1) is 35.3. The average Bonchev–Trinajstić information content (AvgIpc) is 3.37. The van der Waals surface area contributed by atoms with Gasteiger partial charge in [0.05, 0.1) is 27.6 Å². The number of alkyl halides is 3. The number of sulfone groups is 1. The van der Waals surface area contributed by atoms with Crippen LogP contribution in [-0.4, -0.2) is 43.3 Å². The van der Waals surface area contributed by atoms with Crippen LogP contribution >= 0.6 is 0 Å². The van der Waals surface area contributed by atoms with Gasteiger partial charge in [0.25, 0.3) is 15.9 Å². The van der Waals surface area contributed by atoms with Gasteiger partial charge in [-0.25, -0.2) is 26.4 Å². The fourth-order valence-electron chi connectivity index (χ4n) is 5.17. The SMILES string of the molecule is CCCCc1nn(-c2ccccc2C(F)(F)F)c(=O)n1Cc1ccc(-c2ccccc2S(=O)(=O)NC(=O)c2ccc(S(C)(=O)=O)cc2)cc1. The first-order valence-electron chi connectivity index (χ1n) is 15.0. The fourth-order valence-corrected chi connectivity index (χ4v) is 7.01. The average molecular weight is 713 g/mol. The summed E-state index contributed by atoms with van der Waals surface area (Å²) in [4.78, 5) is 26.1. The number of unbranched alkanes of at least 4 members (excludes halogenated alkanes) is 1. The predicted octanol–water partition coefficient (Wildman–Crippen LogP) is 5.63. The molecule has 0 fully saturated rings. The number of nitrogens with one attached hydrogen (secondary N) is 1. The topological polar surface area (TPSA) is 137 Å². The highest BCUT2D eigenvalue weighted by Crippen LogP contribution is 2.33. The van der Waals surface area contributed by atoms with Crippen LogP contribution in [-0.2, 0) is 39.0 Å². The molecule has 1 aromatic heterocycles. The van der Waals surface area contributed by atoms with Crippen LogP contribution in [0.25, 0.3) is 16.8 Å². The monoisotopic (exact) mass is 712 g/mol. The summed E-state index contributed by atoms with van der Waals surface area (Å²) in [5.41, 5.74) is -0.785. The second kappa shape index (κ2) is 13.8. The largest absolute Gasteiger partial charge is 0.418 e. The molecular weight excluding hydrogens is 682 g/mol. The highest BCUT2D eigenvalue weighted by Gasteiger charge is 2.35. The van der Waals surface area contributed by atoms with E-state index >= 15 is 0 Å². The molecule has 10 nitrogen and oxygen atoms in total. The molecule has 5 aromatic rings. The Kier molecular flexibility index (Phi) is 9.97. The molecule has 0 radical (unpaired) electrons. The molecule has 1 amide bonds. The molecular formula is C34H31F3N4O6S2. The van der Waals surface area contributed by atoms with E-state index in [1.807, 2.05) is 11.6 Å². The molecule has 1 N–H and O–H groups in total. The number of aryl methyl sites for hydroxylation is 1. The lowest BCUT2D eigenvalue weighted by atomic mass is 10.0. The quantitative estimate of drug-likeness (QED) is 0.187. The van der Waals surface area contributed by atoms with Gasteiger partial charge in [0.2, 0.25) is 0 Å². The molecule has 0 aliphatic rings. The number of aromatic nitrogens is 3. The fraction of sp³-hybridized carbons (Fsp3) is 0.206. The summed E-state index contributed by atoms with van der Waals surface area (Å²) in [6.45, 7) is 1.94. The van der Waals surface area contributed by atoms with Crippen molar-refractivity contribution < 1.29 is 34.8 Å². The third-order valence-corrected chi connectivity index (χ3v) is 10.2. The Morgan fingerprint density at radius 3 is 2.12 bits per heavy atom. The lowest BCUT2D eigenvalue weighted by molar-refractivity contribution is -0.137. The second-order valence-electron chi connectivity index (χ2n) is 11.2. The van der Waals surface area contributed by atoms with Gasteiger partial charge >= 0.3 is 11.9 Å². The summed E-state index contributed by atoms with van der Waals surface area (Å²) >= 11 is 0. The van der Waals surface area contributed by atoms with Crippen molar-refractivity contribution in [3.63, 3.8) is 0 Å². The molecule has 0 atom stereocenters. The number of halogens is 3. The molecule has 256 valence electrons. The molecule has 15 heteroatoms. The number of amides is 1. The van der Waals surface area contributed by atoms with Gasteiger partial charge in [0, 0.05) is 23.8 Å². The van der Waals surface area contributed by atoms with E-state index in [1.54, 1.807) is 36.4 Å².